The van der Waals surface area contributed by atoms with Gasteiger partial charge in [-0.05, 0) is 23.6 Å². The minimum absolute atomic E-state index is 0. The highest BCUT2D eigenvalue weighted by atomic mass is 35.5. The van der Waals surface area contributed by atoms with Crippen molar-refractivity contribution in [1.29, 1.82) is 0 Å². The van der Waals surface area contributed by atoms with Crippen molar-refractivity contribution in [3.05, 3.63) is 60.2 Å². The van der Waals surface area contributed by atoms with E-state index in [1.165, 1.54) is 0 Å². The third kappa shape index (κ3) is 4.30. The lowest BCUT2D eigenvalue weighted by molar-refractivity contribution is 0.0950. The Kier molecular flexibility index (Phi) is 6.13. The Labute approximate surface area is 141 Å². The number of amides is 1. The van der Waals surface area contributed by atoms with Crippen molar-refractivity contribution in [2.45, 2.75) is 18.6 Å². The number of rotatable bonds is 4. The summed E-state index contributed by atoms with van der Waals surface area (Å²) < 4.78 is 13.1. The highest BCUT2D eigenvalue weighted by molar-refractivity contribution is 6.00. The number of hydrogen-bond donors (Lipinski definition) is 2. The lowest BCUT2D eigenvalue weighted by Crippen LogP contribution is -2.37. The number of alkyl halides is 1. The zero-order valence-electron chi connectivity index (χ0n) is 12.7. The average Bonchev–Trinajstić information content (AvgIpc) is 2.99. The summed E-state index contributed by atoms with van der Waals surface area (Å²) in [5.74, 6) is -0.122. The van der Waals surface area contributed by atoms with Crippen molar-refractivity contribution < 1.29 is 9.18 Å². The van der Waals surface area contributed by atoms with E-state index in [4.69, 9.17) is 0 Å². The van der Waals surface area contributed by atoms with Gasteiger partial charge in [-0.3, -0.25) is 4.79 Å². The predicted octanol–water partition coefficient (Wildman–Crippen LogP) is 3.21. The summed E-state index contributed by atoms with van der Waals surface area (Å²) in [6.45, 7) is 0.823. The first-order chi connectivity index (χ1) is 10.7. The molecule has 1 amide bonds. The first-order valence-electron chi connectivity index (χ1n) is 7.54. The molecule has 1 heterocycles. The fourth-order valence-electron chi connectivity index (χ4n) is 2.79. The monoisotopic (exact) mass is 334 g/mol. The molecule has 2 atom stereocenters. The quantitative estimate of drug-likeness (QED) is 0.901. The van der Waals surface area contributed by atoms with Gasteiger partial charge in [-0.2, -0.15) is 0 Å². The van der Waals surface area contributed by atoms with Crippen LogP contribution in [0, 0.1) is 0 Å². The molecular weight excluding hydrogens is 315 g/mol. The molecule has 2 N–H and O–H groups in total. The van der Waals surface area contributed by atoms with Crippen molar-refractivity contribution in [3.8, 4) is 11.1 Å². The Morgan fingerprint density at radius 2 is 1.83 bits per heavy atom. The zero-order valence-corrected chi connectivity index (χ0v) is 13.5. The van der Waals surface area contributed by atoms with Crippen LogP contribution in [-0.2, 0) is 0 Å². The van der Waals surface area contributed by atoms with Gasteiger partial charge in [0.2, 0.25) is 0 Å². The molecule has 1 fully saturated rings. The molecule has 2 aromatic carbocycles. The van der Waals surface area contributed by atoms with Gasteiger partial charge in [0.15, 0.2) is 0 Å². The summed E-state index contributed by atoms with van der Waals surface area (Å²) in [6.07, 6.45) is -0.348. The molecule has 0 radical (unpaired) electrons. The highest BCUT2D eigenvalue weighted by Gasteiger charge is 2.24. The summed E-state index contributed by atoms with van der Waals surface area (Å²) >= 11 is 0. The molecular formula is C18H20ClFN2O. The average molecular weight is 335 g/mol. The van der Waals surface area contributed by atoms with E-state index in [-0.39, 0.29) is 24.4 Å². The third-order valence-corrected chi connectivity index (χ3v) is 3.93. The van der Waals surface area contributed by atoms with Crippen LogP contribution in [0.25, 0.3) is 11.1 Å². The lowest BCUT2D eigenvalue weighted by atomic mass is 9.99. The number of halogens is 2. The van der Waals surface area contributed by atoms with E-state index in [1.807, 2.05) is 54.6 Å². The van der Waals surface area contributed by atoms with E-state index >= 15 is 0 Å². The Bertz CT molecular complexity index is 650. The first kappa shape index (κ1) is 17.4. The standard InChI is InChI=1S/C18H19FN2O.ClH/c19-14-10-15(20-11-14)12-21-18(22)17-9-5-4-8-16(17)13-6-2-1-3-7-13;/h1-9,14-15,20H,10-12H2,(H,21,22);1H/t14-,15-;/m0./s1. The maximum atomic E-state index is 13.1. The smallest absolute Gasteiger partial charge is 0.251 e. The largest absolute Gasteiger partial charge is 0.350 e. The number of nitrogens with one attached hydrogen (secondary N) is 2. The lowest BCUT2D eigenvalue weighted by Gasteiger charge is -2.13. The Morgan fingerprint density at radius 1 is 1.13 bits per heavy atom. The van der Waals surface area contributed by atoms with Crippen LogP contribution >= 0.6 is 12.4 Å². The van der Waals surface area contributed by atoms with Crippen molar-refractivity contribution in [3.63, 3.8) is 0 Å². The van der Waals surface area contributed by atoms with E-state index in [1.54, 1.807) is 0 Å². The van der Waals surface area contributed by atoms with Gasteiger partial charge in [-0.15, -0.1) is 12.4 Å². The van der Waals surface area contributed by atoms with Gasteiger partial charge in [0, 0.05) is 24.7 Å². The van der Waals surface area contributed by atoms with Gasteiger partial charge < -0.3 is 10.6 Å². The van der Waals surface area contributed by atoms with Crippen molar-refractivity contribution in [2.75, 3.05) is 13.1 Å². The topological polar surface area (TPSA) is 41.1 Å². The number of carbonyl (C=O) groups is 1. The molecule has 2 aromatic rings. The van der Waals surface area contributed by atoms with E-state index < -0.39 is 6.17 Å². The van der Waals surface area contributed by atoms with Crippen LogP contribution in [0.5, 0.6) is 0 Å². The van der Waals surface area contributed by atoms with E-state index in [0.717, 1.165) is 11.1 Å². The second kappa shape index (κ2) is 8.09. The zero-order chi connectivity index (χ0) is 15.4. The van der Waals surface area contributed by atoms with Gasteiger partial charge in [0.05, 0.1) is 0 Å². The van der Waals surface area contributed by atoms with Gasteiger partial charge >= 0.3 is 0 Å². The molecule has 1 aliphatic rings. The van der Waals surface area contributed by atoms with Crippen LogP contribution in [0.1, 0.15) is 16.8 Å². The molecule has 3 rings (SSSR count). The molecule has 0 bridgehead atoms. The Morgan fingerprint density at radius 3 is 2.52 bits per heavy atom. The van der Waals surface area contributed by atoms with Gasteiger partial charge in [-0.1, -0.05) is 48.5 Å². The molecule has 3 nitrogen and oxygen atoms in total. The minimum Gasteiger partial charge on any atom is -0.350 e. The molecule has 0 aromatic heterocycles. The van der Waals surface area contributed by atoms with Crippen molar-refractivity contribution in [1.82, 2.24) is 10.6 Å². The second-order valence-corrected chi connectivity index (χ2v) is 5.56. The van der Waals surface area contributed by atoms with E-state index in [0.29, 0.717) is 25.1 Å². The predicted molar refractivity (Wildman–Crippen MR) is 92.8 cm³/mol. The molecule has 122 valence electrons. The molecule has 1 aliphatic heterocycles. The van der Waals surface area contributed by atoms with E-state index in [9.17, 15) is 9.18 Å². The second-order valence-electron chi connectivity index (χ2n) is 5.56. The summed E-state index contributed by atoms with van der Waals surface area (Å²) in [6, 6.07) is 17.4. The normalized spacial score (nSPS) is 19.9. The van der Waals surface area contributed by atoms with E-state index in [2.05, 4.69) is 10.6 Å². The van der Waals surface area contributed by atoms with Gasteiger partial charge in [0.25, 0.3) is 5.91 Å². The SMILES string of the molecule is Cl.O=C(NC[C@@H]1C[C@H](F)CN1)c1ccccc1-c1ccccc1. The maximum absolute atomic E-state index is 13.1. The maximum Gasteiger partial charge on any atom is 0.251 e. The number of benzene rings is 2. The number of hydrogen-bond acceptors (Lipinski definition) is 2. The van der Waals surface area contributed by atoms with Crippen LogP contribution in [0.3, 0.4) is 0 Å². The highest BCUT2D eigenvalue weighted by Crippen LogP contribution is 2.23. The van der Waals surface area contributed by atoms with Crippen LogP contribution in [0.2, 0.25) is 0 Å². The summed E-state index contributed by atoms with van der Waals surface area (Å²) in [7, 11) is 0. The Balaban J connectivity index is 0.00000192. The van der Waals surface area contributed by atoms with Crippen LogP contribution in [-0.4, -0.2) is 31.2 Å². The molecule has 0 unspecified atom stereocenters. The van der Waals surface area contributed by atoms with Gasteiger partial charge in [-0.25, -0.2) is 4.39 Å². The van der Waals surface area contributed by atoms with Crippen molar-refractivity contribution >= 4 is 18.3 Å². The number of carbonyl (C=O) groups excluding carboxylic acids is 1. The van der Waals surface area contributed by atoms with Crippen LogP contribution in [0.4, 0.5) is 4.39 Å². The molecule has 0 spiro atoms. The first-order valence-corrected chi connectivity index (χ1v) is 7.54. The van der Waals surface area contributed by atoms with Crippen LogP contribution < -0.4 is 10.6 Å². The Hall–Kier alpha value is -1.91. The summed E-state index contributed by atoms with van der Waals surface area (Å²) in [4.78, 5) is 12.4. The fourth-order valence-corrected chi connectivity index (χ4v) is 2.79. The van der Waals surface area contributed by atoms with Crippen molar-refractivity contribution in [2.24, 2.45) is 0 Å². The molecule has 23 heavy (non-hydrogen) atoms. The minimum atomic E-state index is -0.807. The summed E-state index contributed by atoms with van der Waals surface area (Å²) in [5.41, 5.74) is 2.56. The third-order valence-electron chi connectivity index (χ3n) is 3.93. The molecule has 0 saturated carbocycles. The molecule has 1 saturated heterocycles. The summed E-state index contributed by atoms with van der Waals surface area (Å²) in [5, 5.41) is 5.97. The molecule has 0 aliphatic carbocycles. The fraction of sp³-hybridized carbons (Fsp3) is 0.278. The van der Waals surface area contributed by atoms with Gasteiger partial charge in [0.1, 0.15) is 6.17 Å². The van der Waals surface area contributed by atoms with Crippen LogP contribution in [0.15, 0.2) is 54.6 Å². The molecule has 5 heteroatoms.